The third kappa shape index (κ3) is 3.57. The molecular formula is C15H24N2OS. The number of rotatable bonds is 4. The molecule has 2 rings (SSSR count). The molecule has 0 spiro atoms. The summed E-state index contributed by atoms with van der Waals surface area (Å²) in [6, 6.07) is 2.12. The lowest BCUT2D eigenvalue weighted by Crippen LogP contribution is -2.35. The Morgan fingerprint density at radius 1 is 1.42 bits per heavy atom. The minimum Gasteiger partial charge on any atom is -0.340 e. The Morgan fingerprint density at radius 3 is 2.63 bits per heavy atom. The monoisotopic (exact) mass is 280 g/mol. The summed E-state index contributed by atoms with van der Waals surface area (Å²) < 4.78 is 0. The van der Waals surface area contributed by atoms with Crippen molar-refractivity contribution in [2.45, 2.75) is 39.2 Å². The summed E-state index contributed by atoms with van der Waals surface area (Å²) >= 11 is 1.74. The van der Waals surface area contributed by atoms with Gasteiger partial charge in [-0.15, -0.1) is 11.3 Å². The van der Waals surface area contributed by atoms with E-state index < -0.39 is 0 Å². The number of carbonyl (C=O) groups is 1. The van der Waals surface area contributed by atoms with E-state index in [-0.39, 0.29) is 5.92 Å². The van der Waals surface area contributed by atoms with Crippen LogP contribution in [0.15, 0.2) is 11.4 Å². The highest BCUT2D eigenvalue weighted by molar-refractivity contribution is 7.10. The van der Waals surface area contributed by atoms with Crippen LogP contribution in [0.1, 0.15) is 36.1 Å². The molecule has 4 heteroatoms. The maximum Gasteiger partial charge on any atom is 0.225 e. The average Bonchev–Trinajstić information content (AvgIpc) is 2.83. The van der Waals surface area contributed by atoms with Crippen LogP contribution in [-0.2, 0) is 11.3 Å². The molecule has 1 aliphatic rings. The number of aryl methyl sites for hydroxylation is 1. The molecule has 1 heterocycles. The molecule has 0 atom stereocenters. The molecule has 0 aromatic carbocycles. The zero-order chi connectivity index (χ0) is 13.8. The molecule has 0 unspecified atom stereocenters. The van der Waals surface area contributed by atoms with Crippen LogP contribution < -0.4 is 5.73 Å². The van der Waals surface area contributed by atoms with E-state index in [1.807, 2.05) is 11.9 Å². The van der Waals surface area contributed by atoms with Crippen LogP contribution >= 0.6 is 11.3 Å². The summed E-state index contributed by atoms with van der Waals surface area (Å²) in [5.41, 5.74) is 6.99. The van der Waals surface area contributed by atoms with E-state index in [0.29, 0.717) is 11.8 Å². The van der Waals surface area contributed by atoms with Gasteiger partial charge in [0.2, 0.25) is 5.91 Å². The topological polar surface area (TPSA) is 46.3 Å². The molecule has 0 bridgehead atoms. The molecule has 1 aromatic rings. The van der Waals surface area contributed by atoms with Crippen molar-refractivity contribution < 1.29 is 4.79 Å². The zero-order valence-electron chi connectivity index (χ0n) is 11.9. The molecule has 0 radical (unpaired) electrons. The van der Waals surface area contributed by atoms with Crippen molar-refractivity contribution in [1.82, 2.24) is 4.90 Å². The molecule has 1 saturated carbocycles. The van der Waals surface area contributed by atoms with Crippen molar-refractivity contribution in [3.05, 3.63) is 21.9 Å². The van der Waals surface area contributed by atoms with Crippen LogP contribution in [0.4, 0.5) is 0 Å². The lowest BCUT2D eigenvalue weighted by Gasteiger charge is -2.30. The SMILES string of the molecule is Cc1ccsc1CN(C)C(=O)C1CCC(CN)CC1. The minimum atomic E-state index is 0.216. The summed E-state index contributed by atoms with van der Waals surface area (Å²) in [4.78, 5) is 15.6. The van der Waals surface area contributed by atoms with Crippen molar-refractivity contribution in [2.24, 2.45) is 17.6 Å². The molecule has 0 aliphatic heterocycles. The normalized spacial score (nSPS) is 23.3. The zero-order valence-corrected chi connectivity index (χ0v) is 12.7. The highest BCUT2D eigenvalue weighted by Gasteiger charge is 2.27. The van der Waals surface area contributed by atoms with E-state index in [0.717, 1.165) is 38.8 Å². The van der Waals surface area contributed by atoms with Crippen LogP contribution in [-0.4, -0.2) is 24.4 Å². The van der Waals surface area contributed by atoms with Gasteiger partial charge in [-0.1, -0.05) is 0 Å². The van der Waals surface area contributed by atoms with Gasteiger partial charge in [0.05, 0.1) is 6.54 Å². The van der Waals surface area contributed by atoms with Gasteiger partial charge in [0.15, 0.2) is 0 Å². The molecule has 1 amide bonds. The van der Waals surface area contributed by atoms with E-state index in [1.54, 1.807) is 11.3 Å². The Hall–Kier alpha value is -0.870. The molecule has 106 valence electrons. The summed E-state index contributed by atoms with van der Waals surface area (Å²) in [5.74, 6) is 1.16. The average molecular weight is 280 g/mol. The second-order valence-electron chi connectivity index (χ2n) is 5.67. The van der Waals surface area contributed by atoms with Crippen LogP contribution in [0.3, 0.4) is 0 Å². The fourth-order valence-corrected chi connectivity index (χ4v) is 3.77. The Morgan fingerprint density at radius 2 is 2.11 bits per heavy atom. The van der Waals surface area contributed by atoms with E-state index in [9.17, 15) is 4.79 Å². The highest BCUT2D eigenvalue weighted by atomic mass is 32.1. The first-order valence-corrected chi connectivity index (χ1v) is 7.97. The van der Waals surface area contributed by atoms with Gasteiger partial charge < -0.3 is 10.6 Å². The van der Waals surface area contributed by atoms with Crippen LogP contribution in [0.5, 0.6) is 0 Å². The van der Waals surface area contributed by atoms with Crippen molar-refractivity contribution >= 4 is 17.2 Å². The van der Waals surface area contributed by atoms with Crippen molar-refractivity contribution in [1.29, 1.82) is 0 Å². The summed E-state index contributed by atoms with van der Waals surface area (Å²) in [7, 11) is 1.93. The van der Waals surface area contributed by atoms with Gasteiger partial charge in [-0.25, -0.2) is 0 Å². The molecule has 1 aromatic heterocycles. The molecular weight excluding hydrogens is 256 g/mol. The summed E-state index contributed by atoms with van der Waals surface area (Å²) in [6.07, 6.45) is 4.24. The van der Waals surface area contributed by atoms with Gasteiger partial charge in [-0.3, -0.25) is 4.79 Å². The number of carbonyl (C=O) groups excluding carboxylic acids is 1. The van der Waals surface area contributed by atoms with Crippen LogP contribution in [0.2, 0.25) is 0 Å². The predicted octanol–water partition coefficient (Wildman–Crippen LogP) is 2.78. The Balaban J connectivity index is 1.88. The lowest BCUT2D eigenvalue weighted by atomic mass is 9.81. The molecule has 19 heavy (non-hydrogen) atoms. The molecule has 1 fully saturated rings. The number of nitrogens with zero attached hydrogens (tertiary/aromatic N) is 1. The predicted molar refractivity (Wildman–Crippen MR) is 80.0 cm³/mol. The lowest BCUT2D eigenvalue weighted by molar-refractivity contribution is -0.136. The first-order valence-electron chi connectivity index (χ1n) is 7.09. The van der Waals surface area contributed by atoms with Crippen LogP contribution in [0, 0.1) is 18.8 Å². The third-order valence-corrected chi connectivity index (χ3v) is 5.26. The van der Waals surface area contributed by atoms with E-state index >= 15 is 0 Å². The maximum atomic E-state index is 12.4. The fraction of sp³-hybridized carbons (Fsp3) is 0.667. The smallest absolute Gasteiger partial charge is 0.225 e. The minimum absolute atomic E-state index is 0.216. The number of nitrogens with two attached hydrogens (primary N) is 1. The van der Waals surface area contributed by atoms with E-state index in [1.165, 1.54) is 10.4 Å². The Labute approximate surface area is 119 Å². The standard InChI is InChI=1S/C15H24N2OS/c1-11-7-8-19-14(11)10-17(2)15(18)13-5-3-12(9-16)4-6-13/h7-8,12-13H,3-6,9-10,16H2,1-2H3. The molecule has 1 aliphatic carbocycles. The van der Waals surface area contributed by atoms with Crippen molar-refractivity contribution in [3.63, 3.8) is 0 Å². The number of amides is 1. The quantitative estimate of drug-likeness (QED) is 0.922. The second-order valence-corrected chi connectivity index (χ2v) is 6.68. The van der Waals surface area contributed by atoms with Gasteiger partial charge >= 0.3 is 0 Å². The molecule has 0 saturated heterocycles. The van der Waals surface area contributed by atoms with E-state index in [4.69, 9.17) is 5.73 Å². The van der Waals surface area contributed by atoms with Crippen LogP contribution in [0.25, 0.3) is 0 Å². The maximum absolute atomic E-state index is 12.4. The number of hydrogen-bond donors (Lipinski definition) is 1. The van der Waals surface area contributed by atoms with Crippen molar-refractivity contribution in [3.8, 4) is 0 Å². The van der Waals surface area contributed by atoms with Crippen molar-refractivity contribution in [2.75, 3.05) is 13.6 Å². The van der Waals surface area contributed by atoms with Gasteiger partial charge in [0.25, 0.3) is 0 Å². The second kappa shape index (κ2) is 6.53. The fourth-order valence-electron chi connectivity index (χ4n) is 2.82. The Bertz CT molecular complexity index is 422. The first-order chi connectivity index (χ1) is 9.11. The van der Waals surface area contributed by atoms with Gasteiger partial charge in [-0.2, -0.15) is 0 Å². The molecule has 3 nitrogen and oxygen atoms in total. The number of thiophene rings is 1. The summed E-state index contributed by atoms with van der Waals surface area (Å²) in [5, 5.41) is 2.09. The van der Waals surface area contributed by atoms with Gasteiger partial charge in [0, 0.05) is 17.8 Å². The third-order valence-electron chi connectivity index (χ3n) is 4.25. The molecule has 2 N–H and O–H groups in total. The highest BCUT2D eigenvalue weighted by Crippen LogP contribution is 2.29. The summed E-state index contributed by atoms with van der Waals surface area (Å²) in [6.45, 7) is 3.63. The van der Waals surface area contributed by atoms with Gasteiger partial charge in [0.1, 0.15) is 0 Å². The number of hydrogen-bond acceptors (Lipinski definition) is 3. The Kier molecular flexibility index (Phi) is 4.99. The van der Waals surface area contributed by atoms with Gasteiger partial charge in [-0.05, 0) is 62.1 Å². The largest absolute Gasteiger partial charge is 0.340 e. The van der Waals surface area contributed by atoms with E-state index in [2.05, 4.69) is 18.4 Å². The first kappa shape index (κ1) is 14.5.